The maximum Gasteiger partial charge on any atom is 0.319 e. The number of nitrogens with zero attached hydrogens (tertiary/aromatic N) is 6. The molecule has 13 heteroatoms. The number of anilines is 1. The number of carbonyl (C=O) groups excluding carboxylic acids is 1. The number of allylic oxidation sites excluding steroid dienone is 1. The summed E-state index contributed by atoms with van der Waals surface area (Å²) >= 11 is 6.73. The van der Waals surface area contributed by atoms with Crippen LogP contribution in [0.5, 0.6) is 6.01 Å². The Morgan fingerprint density at radius 1 is 1.18 bits per heavy atom. The van der Waals surface area contributed by atoms with Crippen molar-refractivity contribution < 1.29 is 23.0 Å². The second kappa shape index (κ2) is 11.2. The summed E-state index contributed by atoms with van der Waals surface area (Å²) in [5.74, 6) is -0.472. The Bertz CT molecular complexity index is 1850. The first-order valence-corrected chi connectivity index (χ1v) is 15.9. The van der Waals surface area contributed by atoms with Crippen LogP contribution < -0.4 is 9.64 Å². The maximum atomic E-state index is 16.9. The highest BCUT2D eigenvalue weighted by Gasteiger charge is 2.49. The number of carbonyl (C=O) groups is 1. The Kier molecular flexibility index (Phi) is 7.09. The van der Waals surface area contributed by atoms with E-state index >= 15 is 4.39 Å². The van der Waals surface area contributed by atoms with Crippen LogP contribution >= 0.6 is 11.6 Å². The number of benzene rings is 1. The van der Waals surface area contributed by atoms with Crippen LogP contribution in [-0.2, 0) is 9.53 Å². The molecular weight excluding hydrogens is 604 g/mol. The van der Waals surface area contributed by atoms with E-state index in [1.165, 1.54) is 0 Å². The van der Waals surface area contributed by atoms with Crippen LogP contribution in [0.4, 0.5) is 14.6 Å². The number of aromatic nitrogens is 5. The maximum absolute atomic E-state index is 16.9. The second-order valence-corrected chi connectivity index (χ2v) is 12.9. The van der Waals surface area contributed by atoms with Gasteiger partial charge in [-0.15, -0.1) is 0 Å². The molecule has 45 heavy (non-hydrogen) atoms. The summed E-state index contributed by atoms with van der Waals surface area (Å²) < 4.78 is 43.5. The van der Waals surface area contributed by atoms with Crippen molar-refractivity contribution in [2.24, 2.45) is 0 Å². The van der Waals surface area contributed by atoms with Gasteiger partial charge in [0.1, 0.15) is 35.9 Å². The van der Waals surface area contributed by atoms with E-state index in [1.54, 1.807) is 24.5 Å². The monoisotopic (exact) mass is 635 g/mol. The number of hydrogen-bond acceptors (Lipinski definition) is 9. The Labute approximate surface area is 262 Å². The lowest BCUT2D eigenvalue weighted by Gasteiger charge is -2.34. The van der Waals surface area contributed by atoms with Crippen molar-refractivity contribution in [3.05, 3.63) is 40.9 Å². The Balaban J connectivity index is 1.30. The molecule has 1 N–H and O–H groups in total. The number of halogens is 3. The van der Waals surface area contributed by atoms with Crippen molar-refractivity contribution in [3.63, 3.8) is 0 Å². The number of rotatable bonds is 3. The van der Waals surface area contributed by atoms with Gasteiger partial charge in [0.15, 0.2) is 5.82 Å². The highest BCUT2D eigenvalue weighted by atomic mass is 35.5. The summed E-state index contributed by atoms with van der Waals surface area (Å²) in [5.41, 5.74) is 1.32. The predicted molar refractivity (Wildman–Crippen MR) is 166 cm³/mol. The van der Waals surface area contributed by atoms with Gasteiger partial charge in [-0.3, -0.25) is 19.8 Å². The molecule has 0 unspecified atom stereocenters. The van der Waals surface area contributed by atoms with E-state index in [2.05, 4.69) is 25.1 Å². The summed E-state index contributed by atoms with van der Waals surface area (Å²) in [6, 6.07) is 1.74. The first kappa shape index (κ1) is 28.6. The van der Waals surface area contributed by atoms with E-state index in [0.717, 1.165) is 25.8 Å². The van der Waals surface area contributed by atoms with Crippen LogP contribution in [0.25, 0.3) is 39.1 Å². The molecule has 0 radical (unpaired) electrons. The van der Waals surface area contributed by atoms with E-state index in [0.29, 0.717) is 77.2 Å². The normalized spacial score (nSPS) is 26.0. The Hall–Kier alpha value is -3.90. The topological polar surface area (TPSA) is 109 Å². The third-order valence-corrected chi connectivity index (χ3v) is 9.94. The van der Waals surface area contributed by atoms with Crippen LogP contribution in [0, 0.1) is 5.82 Å². The van der Waals surface area contributed by atoms with Crippen molar-refractivity contribution in [2.75, 3.05) is 37.7 Å². The minimum Gasteiger partial charge on any atom is -0.461 e. The number of alkyl halides is 1. The number of hydrogen-bond donors (Lipinski definition) is 1. The second-order valence-electron chi connectivity index (χ2n) is 12.5. The molecule has 8 heterocycles. The molecule has 0 aliphatic carbocycles. The van der Waals surface area contributed by atoms with Crippen LogP contribution in [0.1, 0.15) is 50.5 Å². The van der Waals surface area contributed by atoms with Crippen LogP contribution in [0.3, 0.4) is 0 Å². The minimum atomic E-state index is -0.909. The molecule has 0 spiro atoms. The molecule has 6 bridgehead atoms. The Morgan fingerprint density at radius 3 is 3.00 bits per heavy atom. The highest BCUT2D eigenvalue weighted by Crippen LogP contribution is 2.42. The van der Waals surface area contributed by atoms with Crippen LogP contribution in [0.2, 0.25) is 5.02 Å². The number of fused-ring (bicyclic) bond motifs is 7. The fourth-order valence-corrected chi connectivity index (χ4v) is 7.78. The van der Waals surface area contributed by atoms with Crippen molar-refractivity contribution in [1.29, 1.82) is 0 Å². The van der Waals surface area contributed by atoms with Gasteiger partial charge in [0.2, 0.25) is 0 Å². The van der Waals surface area contributed by atoms with Crippen LogP contribution in [0.15, 0.2) is 24.5 Å². The fourth-order valence-electron chi connectivity index (χ4n) is 7.52. The first-order chi connectivity index (χ1) is 21.9. The number of ether oxygens (including phenoxy) is 2. The summed E-state index contributed by atoms with van der Waals surface area (Å²) in [7, 11) is 0. The standard InChI is InChI=1S/C32H32ClF2N7O3/c33-23-11-24-21(14-37-40-24)26-20(23)6-1-2-7-25(43)45-19-5-3-9-41(16-19)30-22-13-36-29(26)27(35)28(22)38-31(39-30)44-17-32-8-4-10-42(32)15-18(34)12-32/h1,6,11,13-14,18-19H,2-5,7-10,12,15-17H2,(H,37,40)/b6-1-/t18-,19+,32+/m1/s1. The van der Waals surface area contributed by atoms with Gasteiger partial charge in [-0.05, 0) is 44.7 Å². The average Bonchev–Trinajstić information content (AvgIpc) is 3.72. The summed E-state index contributed by atoms with van der Waals surface area (Å²) in [6.45, 7) is 2.44. The predicted octanol–water partition coefficient (Wildman–Crippen LogP) is 5.63. The number of pyridine rings is 1. The first-order valence-electron chi connectivity index (χ1n) is 15.5. The number of H-pyrrole nitrogens is 1. The minimum absolute atomic E-state index is 0.0111. The number of aromatic amines is 1. The molecule has 234 valence electrons. The van der Waals surface area contributed by atoms with E-state index in [1.807, 2.05) is 11.0 Å². The molecule has 1 aromatic carbocycles. The molecule has 0 saturated carbocycles. The van der Waals surface area contributed by atoms with Gasteiger partial charge >= 0.3 is 12.0 Å². The molecular formula is C32H32ClF2N7O3. The van der Waals surface area contributed by atoms with E-state index in [9.17, 15) is 9.18 Å². The highest BCUT2D eigenvalue weighted by molar-refractivity contribution is 6.33. The molecule has 5 aliphatic rings. The summed E-state index contributed by atoms with van der Waals surface area (Å²) in [5, 5.41) is 8.50. The third kappa shape index (κ3) is 4.98. The van der Waals surface area contributed by atoms with Gasteiger partial charge in [0.25, 0.3) is 0 Å². The van der Waals surface area contributed by atoms with E-state index in [-0.39, 0.29) is 42.3 Å². The Morgan fingerprint density at radius 2 is 2.09 bits per heavy atom. The molecule has 9 rings (SSSR count). The zero-order valence-corrected chi connectivity index (χ0v) is 25.3. The van der Waals surface area contributed by atoms with E-state index < -0.39 is 17.5 Å². The zero-order valence-electron chi connectivity index (χ0n) is 24.6. The average molecular weight is 636 g/mol. The number of nitrogens with one attached hydrogen (secondary N) is 1. The molecule has 3 aromatic heterocycles. The van der Waals surface area contributed by atoms with Crippen molar-refractivity contribution in [3.8, 4) is 17.3 Å². The van der Waals surface area contributed by atoms with E-state index in [4.69, 9.17) is 26.1 Å². The molecule has 10 nitrogen and oxygen atoms in total. The fraction of sp³-hybridized carbons (Fsp3) is 0.469. The quantitative estimate of drug-likeness (QED) is 0.286. The van der Waals surface area contributed by atoms with Gasteiger partial charge in [-0.2, -0.15) is 15.1 Å². The number of piperidine rings is 1. The lowest BCUT2D eigenvalue weighted by atomic mass is 9.95. The lowest BCUT2D eigenvalue weighted by Crippen LogP contribution is -2.43. The molecule has 4 aromatic rings. The molecule has 3 atom stereocenters. The molecule has 5 aliphatic heterocycles. The van der Waals surface area contributed by atoms with Gasteiger partial charge in [0.05, 0.1) is 34.2 Å². The van der Waals surface area contributed by atoms with Crippen molar-refractivity contribution in [1.82, 2.24) is 30.0 Å². The molecule has 0 amide bonds. The van der Waals surface area contributed by atoms with Gasteiger partial charge in [0, 0.05) is 48.6 Å². The summed E-state index contributed by atoms with van der Waals surface area (Å²) in [6.07, 6.45) is 9.83. The van der Waals surface area contributed by atoms with Crippen molar-refractivity contribution >= 4 is 51.3 Å². The third-order valence-electron chi connectivity index (χ3n) is 9.62. The van der Waals surface area contributed by atoms with Crippen molar-refractivity contribution in [2.45, 2.75) is 62.8 Å². The van der Waals surface area contributed by atoms with Crippen LogP contribution in [-0.4, -0.2) is 86.6 Å². The van der Waals surface area contributed by atoms with Gasteiger partial charge < -0.3 is 14.4 Å². The summed E-state index contributed by atoms with van der Waals surface area (Å²) in [4.78, 5) is 30.9. The molecule has 3 saturated heterocycles. The van der Waals surface area contributed by atoms with Gasteiger partial charge in [-0.1, -0.05) is 23.8 Å². The smallest absolute Gasteiger partial charge is 0.319 e. The SMILES string of the molecule is O=C1CC/C=C\c2c(Cl)cc3[nH]ncc3c2-c2ncc3c(nc(OC[C@@]45CCCN4C[C@H](F)C5)nc3c2F)N2CCC[C@@H](C2)O1. The zero-order chi connectivity index (χ0) is 30.7. The largest absolute Gasteiger partial charge is 0.461 e. The number of esters is 1. The lowest BCUT2D eigenvalue weighted by molar-refractivity contribution is -0.149. The molecule has 3 fully saturated rings. The van der Waals surface area contributed by atoms with Gasteiger partial charge in [-0.25, -0.2) is 8.78 Å².